The van der Waals surface area contributed by atoms with Gasteiger partial charge in [0.1, 0.15) is 23.4 Å². The van der Waals surface area contributed by atoms with E-state index in [1.807, 2.05) is 48.5 Å². The Morgan fingerprint density at radius 3 is 2.23 bits per heavy atom. The minimum Gasteiger partial charge on any atom is -0.457 e. The van der Waals surface area contributed by atoms with Crippen molar-refractivity contribution in [3.63, 3.8) is 0 Å². The van der Waals surface area contributed by atoms with Gasteiger partial charge in [0.25, 0.3) is 10.0 Å². The van der Waals surface area contributed by atoms with Crippen LogP contribution >= 0.6 is 0 Å². The summed E-state index contributed by atoms with van der Waals surface area (Å²) in [5.41, 5.74) is 2.16. The Balaban J connectivity index is 1.45. The molecule has 7 nitrogen and oxygen atoms in total. The van der Waals surface area contributed by atoms with Crippen LogP contribution in [0.2, 0.25) is 0 Å². The van der Waals surface area contributed by atoms with Gasteiger partial charge in [-0.05, 0) is 31.2 Å². The fraction of sp³-hybridized carbons (Fsp3) is 0.130. The average molecular weight is 433 g/mol. The largest absolute Gasteiger partial charge is 0.457 e. The van der Waals surface area contributed by atoms with Gasteiger partial charge in [0, 0.05) is 16.7 Å². The highest BCUT2D eigenvalue weighted by Gasteiger charge is 2.32. The van der Waals surface area contributed by atoms with Crippen LogP contribution in [0.4, 0.5) is 0 Å². The molecule has 8 heteroatoms. The predicted molar refractivity (Wildman–Crippen MR) is 116 cm³/mol. The van der Waals surface area contributed by atoms with Crippen LogP contribution in [0.3, 0.4) is 0 Å². The van der Waals surface area contributed by atoms with E-state index in [-0.39, 0.29) is 16.6 Å². The number of para-hydroxylation sites is 2. The standard InChI is InChI=1S/C23H19N3O4S/c1-14(24-22-17-10-4-7-13-20(17)31(28,29)26-22)23(27)25-21-15-8-2-5-11-18(15)30-19-12-6-3-9-16(19)21/h2-14,21H,1H3,(H,24,26)(H,25,27)/t14-/m0/s1. The topological polar surface area (TPSA) is 96.9 Å². The number of carbonyl (C=O) groups excluding carboxylic acids is 1. The second kappa shape index (κ2) is 7.24. The zero-order valence-electron chi connectivity index (χ0n) is 16.6. The summed E-state index contributed by atoms with van der Waals surface area (Å²) in [5.74, 6) is 1.21. The van der Waals surface area contributed by atoms with Crippen LogP contribution in [0.25, 0.3) is 0 Å². The molecule has 0 aromatic heterocycles. The summed E-state index contributed by atoms with van der Waals surface area (Å²) in [6.07, 6.45) is 0. The van der Waals surface area contributed by atoms with E-state index >= 15 is 0 Å². The number of hydrogen-bond donors (Lipinski definition) is 2. The zero-order valence-corrected chi connectivity index (χ0v) is 17.4. The summed E-state index contributed by atoms with van der Waals surface area (Å²) in [7, 11) is -3.66. The van der Waals surface area contributed by atoms with Crippen molar-refractivity contribution in [2.24, 2.45) is 4.99 Å². The van der Waals surface area contributed by atoms with E-state index in [2.05, 4.69) is 15.0 Å². The number of nitrogens with one attached hydrogen (secondary N) is 2. The van der Waals surface area contributed by atoms with Crippen LogP contribution in [-0.4, -0.2) is 26.2 Å². The molecule has 0 unspecified atom stereocenters. The van der Waals surface area contributed by atoms with Gasteiger partial charge in [0.05, 0.1) is 10.9 Å². The molecule has 2 aliphatic heterocycles. The van der Waals surface area contributed by atoms with Crippen LogP contribution < -0.4 is 14.8 Å². The first-order valence-electron chi connectivity index (χ1n) is 9.80. The van der Waals surface area contributed by atoms with E-state index < -0.39 is 22.1 Å². The van der Waals surface area contributed by atoms with E-state index in [0.717, 1.165) is 11.1 Å². The first-order chi connectivity index (χ1) is 14.9. The molecule has 3 aromatic carbocycles. The molecule has 31 heavy (non-hydrogen) atoms. The van der Waals surface area contributed by atoms with E-state index in [0.29, 0.717) is 17.1 Å². The van der Waals surface area contributed by atoms with Crippen molar-refractivity contribution in [3.05, 3.63) is 89.5 Å². The Bertz CT molecular complexity index is 1290. The third-order valence-electron chi connectivity index (χ3n) is 5.33. The number of fused-ring (bicyclic) bond motifs is 3. The lowest BCUT2D eigenvalue weighted by Gasteiger charge is -2.29. The van der Waals surface area contributed by atoms with E-state index in [4.69, 9.17) is 4.74 Å². The number of benzene rings is 3. The summed E-state index contributed by atoms with van der Waals surface area (Å²) in [4.78, 5) is 17.6. The van der Waals surface area contributed by atoms with Crippen LogP contribution in [0.1, 0.15) is 29.7 Å². The maximum atomic E-state index is 13.1. The molecule has 5 rings (SSSR count). The lowest BCUT2D eigenvalue weighted by molar-refractivity contribution is -0.122. The van der Waals surface area contributed by atoms with Gasteiger partial charge in [0.2, 0.25) is 5.91 Å². The first kappa shape index (κ1) is 19.3. The minimum atomic E-state index is -3.66. The van der Waals surface area contributed by atoms with Crippen molar-refractivity contribution in [3.8, 4) is 11.5 Å². The number of amides is 1. The Hall–Kier alpha value is -3.65. The monoisotopic (exact) mass is 433 g/mol. The number of carbonyl (C=O) groups is 1. The van der Waals surface area contributed by atoms with Gasteiger partial charge >= 0.3 is 0 Å². The molecule has 2 heterocycles. The van der Waals surface area contributed by atoms with Crippen molar-refractivity contribution in [1.82, 2.24) is 10.0 Å². The number of ether oxygens (including phenoxy) is 1. The molecule has 2 aliphatic rings. The maximum Gasteiger partial charge on any atom is 0.263 e. The van der Waals surface area contributed by atoms with Crippen LogP contribution in [0.15, 0.2) is 82.7 Å². The number of amidine groups is 1. The van der Waals surface area contributed by atoms with Crippen molar-refractivity contribution < 1.29 is 17.9 Å². The Kier molecular flexibility index (Phi) is 4.51. The third-order valence-corrected chi connectivity index (χ3v) is 6.73. The summed E-state index contributed by atoms with van der Waals surface area (Å²) in [5, 5.41) is 3.05. The molecule has 0 spiro atoms. The predicted octanol–water partition coefficient (Wildman–Crippen LogP) is 3.13. The van der Waals surface area contributed by atoms with E-state index in [9.17, 15) is 13.2 Å². The van der Waals surface area contributed by atoms with E-state index in [1.54, 1.807) is 25.1 Å². The quantitative estimate of drug-likeness (QED) is 0.663. The Labute approximate surface area is 179 Å². The molecule has 1 amide bonds. The smallest absolute Gasteiger partial charge is 0.263 e. The molecule has 0 saturated carbocycles. The molecule has 2 N–H and O–H groups in total. The fourth-order valence-electron chi connectivity index (χ4n) is 3.81. The molecular formula is C23H19N3O4S. The molecule has 156 valence electrons. The summed E-state index contributed by atoms with van der Waals surface area (Å²) in [6, 6.07) is 20.4. The highest BCUT2D eigenvalue weighted by Crippen LogP contribution is 2.42. The van der Waals surface area contributed by atoms with Gasteiger partial charge in [0.15, 0.2) is 0 Å². The van der Waals surface area contributed by atoms with Gasteiger partial charge in [-0.15, -0.1) is 0 Å². The molecule has 0 aliphatic carbocycles. The number of aliphatic imine (C=N–C) groups is 1. The highest BCUT2D eigenvalue weighted by molar-refractivity contribution is 7.90. The van der Waals surface area contributed by atoms with Crippen molar-refractivity contribution in [2.75, 3.05) is 0 Å². The van der Waals surface area contributed by atoms with Crippen LogP contribution in [-0.2, 0) is 14.8 Å². The lowest BCUT2D eigenvalue weighted by atomic mass is 9.94. The van der Waals surface area contributed by atoms with Gasteiger partial charge in [-0.3, -0.25) is 14.5 Å². The number of nitrogens with zero attached hydrogens (tertiary/aromatic N) is 1. The highest BCUT2D eigenvalue weighted by atomic mass is 32.2. The lowest BCUT2D eigenvalue weighted by Crippen LogP contribution is -2.37. The van der Waals surface area contributed by atoms with Crippen LogP contribution in [0.5, 0.6) is 11.5 Å². The molecule has 0 saturated heterocycles. The molecule has 3 aromatic rings. The fourth-order valence-corrected chi connectivity index (χ4v) is 5.05. The van der Waals surface area contributed by atoms with Gasteiger partial charge in [-0.1, -0.05) is 48.5 Å². The van der Waals surface area contributed by atoms with Crippen molar-refractivity contribution in [1.29, 1.82) is 0 Å². The van der Waals surface area contributed by atoms with Crippen molar-refractivity contribution >= 4 is 21.8 Å². The Morgan fingerprint density at radius 2 is 1.55 bits per heavy atom. The summed E-state index contributed by atoms with van der Waals surface area (Å²) < 4.78 is 33.0. The normalized spacial score (nSPS) is 18.2. The SMILES string of the molecule is C[C@H](N=C1NS(=O)(=O)c2ccccc21)C(=O)NC1c2ccccc2Oc2ccccc21. The minimum absolute atomic E-state index is 0.161. The molecule has 0 fully saturated rings. The number of hydrogen-bond acceptors (Lipinski definition) is 5. The second-order valence-corrected chi connectivity index (χ2v) is 9.03. The first-order valence-corrected chi connectivity index (χ1v) is 11.3. The number of rotatable bonds is 3. The molecular weight excluding hydrogens is 414 g/mol. The van der Waals surface area contributed by atoms with E-state index in [1.165, 1.54) is 6.07 Å². The maximum absolute atomic E-state index is 13.1. The average Bonchev–Trinajstić information content (AvgIpc) is 3.03. The summed E-state index contributed by atoms with van der Waals surface area (Å²) in [6.45, 7) is 1.63. The molecule has 0 bridgehead atoms. The third kappa shape index (κ3) is 3.34. The molecule has 0 radical (unpaired) electrons. The Morgan fingerprint density at radius 1 is 0.968 bits per heavy atom. The second-order valence-electron chi connectivity index (χ2n) is 7.37. The number of sulfonamides is 1. The summed E-state index contributed by atoms with van der Waals surface area (Å²) >= 11 is 0. The van der Waals surface area contributed by atoms with Gasteiger partial charge in [-0.25, -0.2) is 8.42 Å². The van der Waals surface area contributed by atoms with Crippen LogP contribution in [0, 0.1) is 0 Å². The van der Waals surface area contributed by atoms with Gasteiger partial charge < -0.3 is 10.1 Å². The van der Waals surface area contributed by atoms with Crippen molar-refractivity contribution in [2.45, 2.75) is 23.9 Å². The zero-order chi connectivity index (χ0) is 21.6. The van der Waals surface area contributed by atoms with Gasteiger partial charge in [-0.2, -0.15) is 0 Å². The molecule has 1 atom stereocenters.